The Hall–Kier alpha value is -2.50. The Labute approximate surface area is 129 Å². The van der Waals surface area contributed by atoms with Gasteiger partial charge in [-0.15, -0.1) is 0 Å². The van der Waals surface area contributed by atoms with Gasteiger partial charge in [-0.1, -0.05) is 6.92 Å². The molecule has 22 heavy (non-hydrogen) atoms. The summed E-state index contributed by atoms with van der Waals surface area (Å²) < 4.78 is 6.56. The monoisotopic (exact) mass is 301 g/mol. The number of carbonyl (C=O) groups excluding carboxylic acids is 2. The summed E-state index contributed by atoms with van der Waals surface area (Å²) in [4.78, 5) is 28.3. The largest absolute Gasteiger partial charge is 0.461 e. The van der Waals surface area contributed by atoms with Gasteiger partial charge < -0.3 is 4.74 Å². The molecule has 2 aromatic heterocycles. The standard InChI is InChI=1S/C16H19N3O3/c1-5-12-14(11(4)20)15(16(21)22-6-2)18-19(12)13-9-10(3)7-8-17-13/h7-9H,5-6H2,1-4H3. The summed E-state index contributed by atoms with van der Waals surface area (Å²) in [5, 5.41) is 4.29. The third-order valence-corrected chi connectivity index (χ3v) is 3.25. The molecule has 0 radical (unpaired) electrons. The topological polar surface area (TPSA) is 74.1 Å². The van der Waals surface area contributed by atoms with Crippen LogP contribution in [0.5, 0.6) is 0 Å². The van der Waals surface area contributed by atoms with Crippen LogP contribution >= 0.6 is 0 Å². The first kappa shape index (κ1) is 15.9. The van der Waals surface area contributed by atoms with Crippen LogP contribution < -0.4 is 0 Å². The number of pyridine rings is 1. The van der Waals surface area contributed by atoms with Crippen molar-refractivity contribution in [1.29, 1.82) is 0 Å². The van der Waals surface area contributed by atoms with Gasteiger partial charge in [0, 0.05) is 6.20 Å². The van der Waals surface area contributed by atoms with Crippen LogP contribution in [0.3, 0.4) is 0 Å². The first-order valence-electron chi connectivity index (χ1n) is 7.22. The second-order valence-electron chi connectivity index (χ2n) is 4.90. The fourth-order valence-corrected chi connectivity index (χ4v) is 2.32. The molecule has 0 N–H and O–H groups in total. The number of ketones is 1. The van der Waals surface area contributed by atoms with E-state index in [0.29, 0.717) is 23.5 Å². The average Bonchev–Trinajstić information content (AvgIpc) is 2.87. The first-order valence-corrected chi connectivity index (χ1v) is 7.22. The molecule has 2 aromatic rings. The summed E-state index contributed by atoms with van der Waals surface area (Å²) in [6, 6.07) is 3.72. The Bertz CT molecular complexity index is 719. The van der Waals surface area contributed by atoms with E-state index in [1.165, 1.54) is 6.92 Å². The van der Waals surface area contributed by atoms with Crippen molar-refractivity contribution in [2.75, 3.05) is 6.61 Å². The van der Waals surface area contributed by atoms with Crippen LogP contribution in [0.4, 0.5) is 0 Å². The highest BCUT2D eigenvalue weighted by atomic mass is 16.5. The van der Waals surface area contributed by atoms with Gasteiger partial charge in [-0.2, -0.15) is 5.10 Å². The Balaban J connectivity index is 2.67. The van der Waals surface area contributed by atoms with E-state index < -0.39 is 5.97 Å². The fraction of sp³-hybridized carbons (Fsp3) is 0.375. The van der Waals surface area contributed by atoms with Crippen molar-refractivity contribution in [3.8, 4) is 5.82 Å². The third kappa shape index (κ3) is 2.90. The van der Waals surface area contributed by atoms with Crippen molar-refractivity contribution in [3.05, 3.63) is 40.8 Å². The molecule has 2 rings (SSSR count). The Kier molecular flexibility index (Phi) is 4.70. The van der Waals surface area contributed by atoms with Gasteiger partial charge in [0.2, 0.25) is 0 Å². The minimum Gasteiger partial charge on any atom is -0.461 e. The molecule has 0 atom stereocenters. The van der Waals surface area contributed by atoms with Crippen molar-refractivity contribution in [1.82, 2.24) is 14.8 Å². The highest BCUT2D eigenvalue weighted by Gasteiger charge is 2.26. The first-order chi connectivity index (χ1) is 10.5. The number of rotatable bonds is 5. The predicted molar refractivity (Wildman–Crippen MR) is 81.4 cm³/mol. The second kappa shape index (κ2) is 6.51. The van der Waals surface area contributed by atoms with Gasteiger partial charge in [-0.3, -0.25) is 4.79 Å². The van der Waals surface area contributed by atoms with Gasteiger partial charge in [0.25, 0.3) is 0 Å². The van der Waals surface area contributed by atoms with Crippen LogP contribution in [0.1, 0.15) is 52.9 Å². The van der Waals surface area contributed by atoms with Crippen molar-refractivity contribution < 1.29 is 14.3 Å². The van der Waals surface area contributed by atoms with Crippen LogP contribution in [0.15, 0.2) is 18.3 Å². The molecule has 0 aliphatic heterocycles. The molecule has 0 amide bonds. The summed E-state index contributed by atoms with van der Waals surface area (Å²) in [5.41, 5.74) is 2.04. The Morgan fingerprint density at radius 3 is 2.59 bits per heavy atom. The predicted octanol–water partition coefficient (Wildman–Crippen LogP) is 2.52. The van der Waals surface area contributed by atoms with Crippen LogP contribution in [0.25, 0.3) is 5.82 Å². The van der Waals surface area contributed by atoms with Gasteiger partial charge >= 0.3 is 5.97 Å². The number of hydrogen-bond donors (Lipinski definition) is 0. The molecule has 0 aromatic carbocycles. The molecule has 0 fully saturated rings. The van der Waals surface area contributed by atoms with E-state index in [1.54, 1.807) is 17.8 Å². The van der Waals surface area contributed by atoms with E-state index in [4.69, 9.17) is 4.74 Å². The molecule has 0 unspecified atom stereocenters. The van der Waals surface area contributed by atoms with E-state index >= 15 is 0 Å². The Morgan fingerprint density at radius 1 is 1.32 bits per heavy atom. The number of hydrogen-bond acceptors (Lipinski definition) is 5. The number of nitrogens with zero attached hydrogens (tertiary/aromatic N) is 3. The van der Waals surface area contributed by atoms with Gasteiger partial charge in [0.1, 0.15) is 0 Å². The average molecular weight is 301 g/mol. The summed E-state index contributed by atoms with van der Waals surface area (Å²) >= 11 is 0. The number of ether oxygens (including phenoxy) is 1. The van der Waals surface area contributed by atoms with Crippen molar-refractivity contribution in [2.45, 2.75) is 34.1 Å². The third-order valence-electron chi connectivity index (χ3n) is 3.25. The molecule has 6 heteroatoms. The van der Waals surface area contributed by atoms with Gasteiger partial charge in [0.05, 0.1) is 17.9 Å². The number of carbonyl (C=O) groups is 2. The minimum absolute atomic E-state index is 0.0505. The highest BCUT2D eigenvalue weighted by Crippen LogP contribution is 2.21. The second-order valence-corrected chi connectivity index (χ2v) is 4.90. The number of aromatic nitrogens is 3. The zero-order valence-corrected chi connectivity index (χ0v) is 13.2. The minimum atomic E-state index is -0.589. The lowest BCUT2D eigenvalue weighted by Crippen LogP contribution is -2.10. The molecule has 0 aliphatic rings. The molecule has 0 bridgehead atoms. The lowest BCUT2D eigenvalue weighted by Gasteiger charge is -2.06. The maximum atomic E-state index is 12.1. The summed E-state index contributed by atoms with van der Waals surface area (Å²) in [6.45, 7) is 7.22. The van der Waals surface area contributed by atoms with E-state index in [2.05, 4.69) is 10.1 Å². The molecule has 0 aliphatic carbocycles. The maximum Gasteiger partial charge on any atom is 0.359 e. The lowest BCUT2D eigenvalue weighted by molar-refractivity contribution is 0.0516. The molecule has 116 valence electrons. The van der Waals surface area contributed by atoms with Crippen molar-refractivity contribution >= 4 is 11.8 Å². The molecular weight excluding hydrogens is 282 g/mol. The van der Waals surface area contributed by atoms with E-state index in [0.717, 1.165) is 5.56 Å². The summed E-state index contributed by atoms with van der Waals surface area (Å²) in [7, 11) is 0. The lowest BCUT2D eigenvalue weighted by atomic mass is 10.1. The normalized spacial score (nSPS) is 10.5. The van der Waals surface area contributed by atoms with Gasteiger partial charge in [0.15, 0.2) is 17.3 Å². The van der Waals surface area contributed by atoms with E-state index in [-0.39, 0.29) is 18.1 Å². The number of esters is 1. The van der Waals surface area contributed by atoms with Gasteiger partial charge in [-0.05, 0) is 44.9 Å². The van der Waals surface area contributed by atoms with Crippen LogP contribution in [0, 0.1) is 6.92 Å². The molecule has 6 nitrogen and oxygen atoms in total. The summed E-state index contributed by atoms with van der Waals surface area (Å²) in [5.74, 6) is -0.220. The van der Waals surface area contributed by atoms with Crippen LogP contribution in [-0.4, -0.2) is 33.1 Å². The molecule has 0 spiro atoms. The maximum absolute atomic E-state index is 12.1. The summed E-state index contributed by atoms with van der Waals surface area (Å²) in [6.07, 6.45) is 2.22. The van der Waals surface area contributed by atoms with Crippen LogP contribution in [0.2, 0.25) is 0 Å². The number of aryl methyl sites for hydroxylation is 1. The van der Waals surface area contributed by atoms with Crippen LogP contribution in [-0.2, 0) is 11.2 Å². The zero-order chi connectivity index (χ0) is 16.3. The van der Waals surface area contributed by atoms with Crippen molar-refractivity contribution in [2.24, 2.45) is 0 Å². The van der Waals surface area contributed by atoms with Gasteiger partial charge in [-0.25, -0.2) is 14.5 Å². The van der Waals surface area contributed by atoms with Crippen molar-refractivity contribution in [3.63, 3.8) is 0 Å². The SMILES string of the molecule is CCOC(=O)c1nn(-c2cc(C)ccn2)c(CC)c1C(C)=O. The molecule has 0 saturated heterocycles. The molecule has 2 heterocycles. The van der Waals surface area contributed by atoms with E-state index in [1.807, 2.05) is 26.0 Å². The highest BCUT2D eigenvalue weighted by molar-refractivity contribution is 6.05. The fourth-order valence-electron chi connectivity index (χ4n) is 2.32. The smallest absolute Gasteiger partial charge is 0.359 e. The quantitative estimate of drug-likeness (QED) is 0.626. The zero-order valence-electron chi connectivity index (χ0n) is 13.2. The Morgan fingerprint density at radius 2 is 2.05 bits per heavy atom. The molecular formula is C16H19N3O3. The number of Topliss-reactive ketones (excluding diaryl/α,β-unsaturated/α-hetero) is 1. The van der Waals surface area contributed by atoms with E-state index in [9.17, 15) is 9.59 Å². The molecule has 0 saturated carbocycles.